The Bertz CT molecular complexity index is 435. The van der Waals surface area contributed by atoms with Crippen molar-refractivity contribution in [2.24, 2.45) is 10.7 Å². The third-order valence-corrected chi connectivity index (χ3v) is 4.55. The molecular formula is C15H26N4OS. The second-order valence-electron chi connectivity index (χ2n) is 5.36. The van der Waals surface area contributed by atoms with Gasteiger partial charge in [-0.15, -0.1) is 11.3 Å². The summed E-state index contributed by atoms with van der Waals surface area (Å²) in [7, 11) is 0. The molecule has 3 N–H and O–H groups in total. The van der Waals surface area contributed by atoms with Crippen molar-refractivity contribution in [3.8, 4) is 0 Å². The van der Waals surface area contributed by atoms with Gasteiger partial charge in [0.1, 0.15) is 0 Å². The van der Waals surface area contributed by atoms with Crippen LogP contribution in [-0.4, -0.2) is 49.7 Å². The van der Waals surface area contributed by atoms with Gasteiger partial charge in [-0.2, -0.15) is 0 Å². The maximum absolute atomic E-state index is 5.92. The van der Waals surface area contributed by atoms with E-state index in [-0.39, 0.29) is 6.10 Å². The highest BCUT2D eigenvalue weighted by atomic mass is 32.1. The van der Waals surface area contributed by atoms with E-state index >= 15 is 0 Å². The Hall–Kier alpha value is -1.11. The average molecular weight is 310 g/mol. The summed E-state index contributed by atoms with van der Waals surface area (Å²) in [4.78, 5) is 8.32. The van der Waals surface area contributed by atoms with Gasteiger partial charge in [0, 0.05) is 24.5 Å². The van der Waals surface area contributed by atoms with E-state index in [0.29, 0.717) is 18.5 Å². The number of ether oxygens (including phenoxy) is 1. The van der Waals surface area contributed by atoms with Crippen molar-refractivity contribution in [1.29, 1.82) is 0 Å². The molecule has 2 rings (SSSR count). The van der Waals surface area contributed by atoms with E-state index in [1.807, 2.05) is 0 Å². The van der Waals surface area contributed by atoms with Gasteiger partial charge in [-0.1, -0.05) is 13.0 Å². The van der Waals surface area contributed by atoms with Crippen molar-refractivity contribution in [1.82, 2.24) is 10.2 Å². The van der Waals surface area contributed by atoms with E-state index in [1.165, 1.54) is 4.88 Å². The van der Waals surface area contributed by atoms with Crippen LogP contribution in [0.4, 0.5) is 0 Å². The van der Waals surface area contributed by atoms with Gasteiger partial charge in [-0.05, 0) is 24.8 Å². The van der Waals surface area contributed by atoms with E-state index < -0.39 is 0 Å². The molecule has 0 aromatic carbocycles. The highest BCUT2D eigenvalue weighted by Gasteiger charge is 2.26. The number of guanidine groups is 1. The quantitative estimate of drug-likeness (QED) is 0.621. The molecule has 6 heteroatoms. The summed E-state index contributed by atoms with van der Waals surface area (Å²) in [6.45, 7) is 8.48. The minimum atomic E-state index is 0.278. The molecule has 0 amide bonds. The number of thiophene rings is 1. The molecule has 21 heavy (non-hydrogen) atoms. The van der Waals surface area contributed by atoms with E-state index in [0.717, 1.165) is 32.7 Å². The monoisotopic (exact) mass is 310 g/mol. The fraction of sp³-hybridized carbons (Fsp3) is 0.667. The molecule has 1 aromatic heterocycles. The van der Waals surface area contributed by atoms with Crippen LogP contribution in [0.2, 0.25) is 0 Å². The van der Waals surface area contributed by atoms with Crippen molar-refractivity contribution in [3.63, 3.8) is 0 Å². The Balaban J connectivity index is 2.02. The van der Waals surface area contributed by atoms with Gasteiger partial charge in [0.25, 0.3) is 0 Å². The molecule has 1 aliphatic rings. The molecule has 1 fully saturated rings. The van der Waals surface area contributed by atoms with Gasteiger partial charge in [0.2, 0.25) is 0 Å². The molecule has 5 nitrogen and oxygen atoms in total. The lowest BCUT2D eigenvalue weighted by atomic mass is 10.1. The van der Waals surface area contributed by atoms with Crippen LogP contribution in [0, 0.1) is 0 Å². The third kappa shape index (κ3) is 4.98. The summed E-state index contributed by atoms with van der Waals surface area (Å²) < 4.78 is 5.64. The average Bonchev–Trinajstić information content (AvgIpc) is 2.99. The topological polar surface area (TPSA) is 62.9 Å². The normalized spacial score (nSPS) is 22.2. The summed E-state index contributed by atoms with van der Waals surface area (Å²) in [6, 6.07) is 4.57. The number of nitrogens with one attached hydrogen (secondary N) is 1. The first-order valence-corrected chi connectivity index (χ1v) is 8.51. The van der Waals surface area contributed by atoms with Gasteiger partial charge in [-0.3, -0.25) is 9.89 Å². The molecular weight excluding hydrogens is 284 g/mol. The second-order valence-corrected chi connectivity index (χ2v) is 6.34. The Kier molecular flexibility index (Phi) is 6.48. The summed E-state index contributed by atoms with van der Waals surface area (Å²) in [5.74, 6) is 0.541. The van der Waals surface area contributed by atoms with Gasteiger partial charge in [0.15, 0.2) is 5.96 Å². The number of nitrogens with zero attached hydrogens (tertiary/aromatic N) is 2. The molecule has 0 spiro atoms. The first-order valence-electron chi connectivity index (χ1n) is 7.63. The smallest absolute Gasteiger partial charge is 0.188 e. The molecule has 118 valence electrons. The predicted molar refractivity (Wildman–Crippen MR) is 88.8 cm³/mol. The largest absolute Gasteiger partial charge is 0.376 e. The van der Waals surface area contributed by atoms with E-state index in [9.17, 15) is 0 Å². The first kappa shape index (κ1) is 16.3. The summed E-state index contributed by atoms with van der Waals surface area (Å²) in [5, 5.41) is 5.25. The zero-order chi connectivity index (χ0) is 15.1. The summed E-state index contributed by atoms with van der Waals surface area (Å²) in [6.07, 6.45) is 1.33. The van der Waals surface area contributed by atoms with Crippen LogP contribution in [0.3, 0.4) is 0 Å². The molecule has 1 aliphatic heterocycles. The fourth-order valence-corrected chi connectivity index (χ4v) is 3.34. The molecule has 2 atom stereocenters. The molecule has 0 saturated carbocycles. The van der Waals surface area contributed by atoms with Crippen LogP contribution >= 0.6 is 11.3 Å². The van der Waals surface area contributed by atoms with Crippen molar-refractivity contribution >= 4 is 17.3 Å². The molecule has 0 radical (unpaired) electrons. The van der Waals surface area contributed by atoms with Crippen LogP contribution < -0.4 is 11.1 Å². The number of nitrogens with two attached hydrogens (primary N) is 1. The zero-order valence-electron chi connectivity index (χ0n) is 12.9. The minimum Gasteiger partial charge on any atom is -0.376 e. The molecule has 1 saturated heterocycles. The summed E-state index contributed by atoms with van der Waals surface area (Å²) >= 11 is 1.78. The number of hydrogen-bond donors (Lipinski definition) is 2. The Labute approximate surface area is 131 Å². The molecule has 1 aromatic rings. The van der Waals surface area contributed by atoms with Gasteiger partial charge >= 0.3 is 0 Å². The second kappa shape index (κ2) is 8.36. The van der Waals surface area contributed by atoms with Gasteiger partial charge in [0.05, 0.1) is 25.3 Å². The number of hydrogen-bond acceptors (Lipinski definition) is 4. The van der Waals surface area contributed by atoms with Crippen molar-refractivity contribution in [3.05, 3.63) is 22.4 Å². The first-order chi connectivity index (χ1) is 10.2. The van der Waals surface area contributed by atoms with Crippen molar-refractivity contribution in [2.75, 3.05) is 32.8 Å². The third-order valence-electron chi connectivity index (χ3n) is 3.58. The van der Waals surface area contributed by atoms with E-state index in [1.54, 1.807) is 11.3 Å². The molecule has 0 aliphatic carbocycles. The van der Waals surface area contributed by atoms with Crippen LogP contribution in [0.5, 0.6) is 0 Å². The molecule has 0 bridgehead atoms. The number of aliphatic imine (C=N–C) groups is 1. The number of rotatable bonds is 6. The van der Waals surface area contributed by atoms with Crippen molar-refractivity contribution in [2.45, 2.75) is 32.4 Å². The lowest BCUT2D eigenvalue weighted by Crippen LogP contribution is -2.44. The van der Waals surface area contributed by atoms with Crippen molar-refractivity contribution < 1.29 is 4.74 Å². The SMILES string of the molecule is CCCNC(N)=NCC(c1cccs1)N1CCOC(C)C1. The van der Waals surface area contributed by atoms with Crippen LogP contribution in [0.15, 0.2) is 22.5 Å². The Morgan fingerprint density at radius 2 is 2.52 bits per heavy atom. The maximum Gasteiger partial charge on any atom is 0.188 e. The maximum atomic E-state index is 5.92. The van der Waals surface area contributed by atoms with Crippen LogP contribution in [0.25, 0.3) is 0 Å². The number of morpholine rings is 1. The van der Waals surface area contributed by atoms with Crippen LogP contribution in [0.1, 0.15) is 31.2 Å². The summed E-state index contributed by atoms with van der Waals surface area (Å²) in [5.41, 5.74) is 5.92. The van der Waals surface area contributed by atoms with Gasteiger partial charge < -0.3 is 15.8 Å². The Morgan fingerprint density at radius 1 is 1.67 bits per heavy atom. The molecule has 2 heterocycles. The van der Waals surface area contributed by atoms with E-state index in [4.69, 9.17) is 10.5 Å². The molecule has 2 unspecified atom stereocenters. The highest BCUT2D eigenvalue weighted by Crippen LogP contribution is 2.27. The lowest BCUT2D eigenvalue weighted by molar-refractivity contribution is -0.0327. The lowest BCUT2D eigenvalue weighted by Gasteiger charge is -2.36. The predicted octanol–water partition coefficient (Wildman–Crippen LogP) is 1.82. The fourth-order valence-electron chi connectivity index (χ4n) is 2.49. The van der Waals surface area contributed by atoms with Gasteiger partial charge in [-0.25, -0.2) is 0 Å². The van der Waals surface area contributed by atoms with Crippen LogP contribution in [-0.2, 0) is 4.74 Å². The van der Waals surface area contributed by atoms with E-state index in [2.05, 4.69) is 46.6 Å². The minimum absolute atomic E-state index is 0.278. The zero-order valence-corrected chi connectivity index (χ0v) is 13.7. The highest BCUT2D eigenvalue weighted by molar-refractivity contribution is 7.10. The standard InChI is InChI=1S/C15H26N4OS/c1-3-6-17-15(16)18-10-13(14-5-4-9-21-14)19-7-8-20-12(2)11-19/h4-5,9,12-13H,3,6-8,10-11H2,1-2H3,(H3,16,17,18). The Morgan fingerprint density at radius 3 is 3.19 bits per heavy atom.